The van der Waals surface area contributed by atoms with Crippen molar-refractivity contribution < 1.29 is 8.42 Å². The lowest BCUT2D eigenvalue weighted by Gasteiger charge is -2.27. The summed E-state index contributed by atoms with van der Waals surface area (Å²) in [5, 5.41) is 0.389. The highest BCUT2D eigenvalue weighted by Gasteiger charge is 2.29. The monoisotopic (exact) mass is 324 g/mol. The first-order valence-corrected chi connectivity index (χ1v) is 8.14. The molecule has 0 unspecified atom stereocenters. The zero-order valence-electron chi connectivity index (χ0n) is 11.0. The second kappa shape index (κ2) is 5.25. The minimum Gasteiger partial charge on any atom is -0.368 e. The van der Waals surface area contributed by atoms with E-state index in [4.69, 9.17) is 17.3 Å². The maximum atomic E-state index is 12.6. The predicted molar refractivity (Wildman–Crippen MR) is 79.2 cm³/mol. The van der Waals surface area contributed by atoms with Crippen LogP contribution in [0.3, 0.4) is 0 Å². The summed E-state index contributed by atoms with van der Waals surface area (Å²) in [6.07, 6.45) is 2.22. The van der Waals surface area contributed by atoms with Gasteiger partial charge in [0.15, 0.2) is 0 Å². The number of hydrogen-bond acceptors (Lipinski definition) is 5. The average molecular weight is 325 g/mol. The third-order valence-corrected chi connectivity index (χ3v) is 5.44. The molecule has 0 aliphatic carbocycles. The smallest absolute Gasteiger partial charge is 0.243 e. The number of fused-ring (bicyclic) bond motifs is 1. The van der Waals surface area contributed by atoms with Crippen molar-refractivity contribution in [3.8, 4) is 0 Å². The molecular formula is C13H13ClN4O2S. The summed E-state index contributed by atoms with van der Waals surface area (Å²) in [5.74, 6) is 0.149. The largest absolute Gasteiger partial charge is 0.368 e. The fourth-order valence-corrected chi connectivity index (χ4v) is 3.98. The Bertz CT molecular complexity index is 795. The van der Waals surface area contributed by atoms with Crippen LogP contribution in [0, 0.1) is 0 Å². The van der Waals surface area contributed by atoms with Gasteiger partial charge in [-0.05, 0) is 30.2 Å². The van der Waals surface area contributed by atoms with Crippen LogP contribution in [-0.4, -0.2) is 29.2 Å². The van der Waals surface area contributed by atoms with E-state index >= 15 is 0 Å². The minimum atomic E-state index is -3.59. The quantitative estimate of drug-likeness (QED) is 0.903. The van der Waals surface area contributed by atoms with E-state index in [-0.39, 0.29) is 17.4 Å². The zero-order chi connectivity index (χ0) is 15.0. The third kappa shape index (κ3) is 2.72. The summed E-state index contributed by atoms with van der Waals surface area (Å²) in [7, 11) is -3.59. The topological polar surface area (TPSA) is 89.2 Å². The van der Waals surface area contributed by atoms with Crippen LogP contribution in [0.2, 0.25) is 5.02 Å². The lowest BCUT2D eigenvalue weighted by molar-refractivity contribution is 0.385. The normalized spacial score (nSPS) is 15.7. The number of sulfonamides is 1. The molecule has 1 aromatic heterocycles. The van der Waals surface area contributed by atoms with Gasteiger partial charge in [0.1, 0.15) is 0 Å². The van der Waals surface area contributed by atoms with E-state index in [1.54, 1.807) is 18.3 Å². The molecule has 21 heavy (non-hydrogen) atoms. The van der Waals surface area contributed by atoms with Gasteiger partial charge < -0.3 is 5.73 Å². The number of aromatic nitrogens is 2. The van der Waals surface area contributed by atoms with Gasteiger partial charge in [0.2, 0.25) is 16.0 Å². The number of hydrogen-bond donors (Lipinski definition) is 1. The van der Waals surface area contributed by atoms with Crippen molar-refractivity contribution in [2.24, 2.45) is 0 Å². The Balaban J connectivity index is 1.95. The molecule has 8 heteroatoms. The lowest BCUT2D eigenvalue weighted by Crippen LogP contribution is -2.36. The Morgan fingerprint density at radius 3 is 2.90 bits per heavy atom. The SMILES string of the molecule is Nc1ncc2c(n1)CN(S(=O)(=O)c1cccc(Cl)c1)CC2. The van der Waals surface area contributed by atoms with Gasteiger partial charge in [-0.15, -0.1) is 0 Å². The summed E-state index contributed by atoms with van der Waals surface area (Å²) < 4.78 is 26.6. The Labute approximate surface area is 127 Å². The molecule has 2 aromatic rings. The van der Waals surface area contributed by atoms with Crippen molar-refractivity contribution in [3.63, 3.8) is 0 Å². The Morgan fingerprint density at radius 1 is 1.33 bits per heavy atom. The molecule has 0 amide bonds. The molecule has 2 heterocycles. The van der Waals surface area contributed by atoms with Gasteiger partial charge in [-0.25, -0.2) is 18.4 Å². The molecule has 0 bridgehead atoms. The van der Waals surface area contributed by atoms with E-state index in [0.29, 0.717) is 23.7 Å². The molecule has 0 atom stereocenters. The van der Waals surface area contributed by atoms with Crippen molar-refractivity contribution in [3.05, 3.63) is 46.7 Å². The molecule has 1 aliphatic rings. The fraction of sp³-hybridized carbons (Fsp3) is 0.231. The van der Waals surface area contributed by atoms with Gasteiger partial charge in [-0.2, -0.15) is 4.31 Å². The molecule has 0 saturated carbocycles. The van der Waals surface area contributed by atoms with Crippen LogP contribution < -0.4 is 5.73 Å². The van der Waals surface area contributed by atoms with E-state index in [1.807, 2.05) is 0 Å². The number of rotatable bonds is 2. The van der Waals surface area contributed by atoms with Crippen molar-refractivity contribution in [1.29, 1.82) is 0 Å². The Kier molecular flexibility index (Phi) is 3.56. The lowest BCUT2D eigenvalue weighted by atomic mass is 10.1. The zero-order valence-corrected chi connectivity index (χ0v) is 12.6. The van der Waals surface area contributed by atoms with E-state index in [2.05, 4.69) is 9.97 Å². The van der Waals surface area contributed by atoms with E-state index in [1.165, 1.54) is 16.4 Å². The van der Waals surface area contributed by atoms with Gasteiger partial charge in [0.05, 0.1) is 17.1 Å². The predicted octanol–water partition coefficient (Wildman–Crippen LogP) is 1.46. The van der Waals surface area contributed by atoms with E-state index in [0.717, 1.165) is 5.56 Å². The molecule has 0 radical (unpaired) electrons. The van der Waals surface area contributed by atoms with Crippen LogP contribution in [0.5, 0.6) is 0 Å². The van der Waals surface area contributed by atoms with Crippen LogP contribution in [0.25, 0.3) is 0 Å². The van der Waals surface area contributed by atoms with Crippen molar-refractivity contribution in [2.45, 2.75) is 17.9 Å². The highest BCUT2D eigenvalue weighted by Crippen LogP contribution is 2.25. The molecule has 0 fully saturated rings. The molecule has 3 rings (SSSR count). The van der Waals surface area contributed by atoms with Crippen LogP contribution in [-0.2, 0) is 23.0 Å². The molecule has 1 aromatic carbocycles. The van der Waals surface area contributed by atoms with Crippen LogP contribution in [0.15, 0.2) is 35.4 Å². The number of halogens is 1. The van der Waals surface area contributed by atoms with Crippen molar-refractivity contribution >= 4 is 27.6 Å². The number of nitrogens with two attached hydrogens (primary N) is 1. The molecule has 110 valence electrons. The van der Waals surface area contributed by atoms with Gasteiger partial charge in [0.25, 0.3) is 0 Å². The average Bonchev–Trinajstić information content (AvgIpc) is 2.46. The fourth-order valence-electron chi connectivity index (χ4n) is 2.28. The van der Waals surface area contributed by atoms with Crippen molar-refractivity contribution in [1.82, 2.24) is 14.3 Å². The van der Waals surface area contributed by atoms with Gasteiger partial charge in [-0.1, -0.05) is 17.7 Å². The number of anilines is 1. The minimum absolute atomic E-state index is 0.149. The first kappa shape index (κ1) is 14.2. The van der Waals surface area contributed by atoms with E-state index < -0.39 is 10.0 Å². The standard InChI is InChI=1S/C13H13ClN4O2S/c14-10-2-1-3-11(6-10)21(19,20)18-5-4-9-7-16-13(15)17-12(9)8-18/h1-3,6-7H,4-5,8H2,(H2,15,16,17). The highest BCUT2D eigenvalue weighted by atomic mass is 35.5. The summed E-state index contributed by atoms with van der Waals surface area (Å²) in [5.41, 5.74) is 7.14. The first-order chi connectivity index (χ1) is 9.96. The first-order valence-electron chi connectivity index (χ1n) is 6.33. The Morgan fingerprint density at radius 2 is 2.14 bits per heavy atom. The van der Waals surface area contributed by atoms with Gasteiger partial charge >= 0.3 is 0 Å². The second-order valence-electron chi connectivity index (χ2n) is 4.75. The summed E-state index contributed by atoms with van der Waals surface area (Å²) in [6, 6.07) is 6.24. The molecule has 0 saturated heterocycles. The Hall–Kier alpha value is -1.70. The van der Waals surface area contributed by atoms with Crippen LogP contribution in [0.4, 0.5) is 5.95 Å². The van der Waals surface area contributed by atoms with Gasteiger partial charge in [0, 0.05) is 17.8 Å². The number of nitrogen functional groups attached to an aromatic ring is 1. The summed E-state index contributed by atoms with van der Waals surface area (Å²) >= 11 is 5.87. The van der Waals surface area contributed by atoms with Crippen molar-refractivity contribution in [2.75, 3.05) is 12.3 Å². The van der Waals surface area contributed by atoms with Crippen LogP contribution in [0.1, 0.15) is 11.3 Å². The molecule has 0 spiro atoms. The summed E-state index contributed by atoms with van der Waals surface area (Å²) in [4.78, 5) is 8.23. The molecular weight excluding hydrogens is 312 g/mol. The third-order valence-electron chi connectivity index (χ3n) is 3.36. The van der Waals surface area contributed by atoms with Gasteiger partial charge in [-0.3, -0.25) is 0 Å². The molecule has 6 nitrogen and oxygen atoms in total. The molecule has 2 N–H and O–H groups in total. The highest BCUT2D eigenvalue weighted by molar-refractivity contribution is 7.89. The number of nitrogens with zero attached hydrogens (tertiary/aromatic N) is 3. The van der Waals surface area contributed by atoms with Crippen LogP contribution >= 0.6 is 11.6 Å². The van der Waals surface area contributed by atoms with E-state index in [9.17, 15) is 8.42 Å². The second-order valence-corrected chi connectivity index (χ2v) is 7.12. The maximum absolute atomic E-state index is 12.6. The maximum Gasteiger partial charge on any atom is 0.243 e. The molecule has 1 aliphatic heterocycles. The number of benzene rings is 1. The summed E-state index contributed by atoms with van der Waals surface area (Å²) in [6.45, 7) is 0.575.